The molecule has 168 valence electrons. The minimum atomic E-state index is -0.904. The molecule has 0 radical (unpaired) electrons. The number of benzene rings is 3. The van der Waals surface area contributed by atoms with Gasteiger partial charge in [0.05, 0.1) is 13.2 Å². The van der Waals surface area contributed by atoms with E-state index in [4.69, 9.17) is 14.2 Å². The van der Waals surface area contributed by atoms with Crippen molar-refractivity contribution in [2.75, 3.05) is 13.7 Å². The lowest BCUT2D eigenvalue weighted by Gasteiger charge is -2.41. The van der Waals surface area contributed by atoms with Gasteiger partial charge in [-0.25, -0.2) is 4.79 Å². The molecular weight excluding hydrogens is 420 g/mol. The first kappa shape index (κ1) is 21.0. The summed E-state index contributed by atoms with van der Waals surface area (Å²) in [5.41, 5.74) is 2.49. The molecule has 7 nitrogen and oxygen atoms in total. The summed E-state index contributed by atoms with van der Waals surface area (Å²) in [5, 5.41) is 2.94. The zero-order valence-electron chi connectivity index (χ0n) is 18.1. The molecule has 0 aromatic heterocycles. The third-order valence-corrected chi connectivity index (χ3v) is 6.05. The molecule has 2 amide bonds. The van der Waals surface area contributed by atoms with Crippen LogP contribution in [-0.2, 0) is 14.3 Å². The van der Waals surface area contributed by atoms with Crippen molar-refractivity contribution < 1.29 is 23.8 Å². The fourth-order valence-corrected chi connectivity index (χ4v) is 4.40. The van der Waals surface area contributed by atoms with E-state index in [0.717, 1.165) is 16.7 Å². The second-order valence-electron chi connectivity index (χ2n) is 7.98. The number of nitrogens with one attached hydrogen (secondary N) is 1. The first-order valence-electron chi connectivity index (χ1n) is 10.8. The van der Waals surface area contributed by atoms with Crippen LogP contribution in [0.25, 0.3) is 0 Å². The zero-order chi connectivity index (χ0) is 22.8. The van der Waals surface area contributed by atoms with Crippen molar-refractivity contribution >= 4 is 12.0 Å². The number of cyclic esters (lactones) is 1. The number of carbonyl (C=O) groups excluding carboxylic acids is 2. The van der Waals surface area contributed by atoms with E-state index in [-0.39, 0.29) is 12.5 Å². The van der Waals surface area contributed by atoms with Crippen LogP contribution < -0.4 is 10.1 Å². The summed E-state index contributed by atoms with van der Waals surface area (Å²) >= 11 is 0. The molecule has 0 spiro atoms. The van der Waals surface area contributed by atoms with Gasteiger partial charge < -0.3 is 19.5 Å². The number of carbonyl (C=O) groups is 2. The molecule has 1 N–H and O–H groups in total. The Labute approximate surface area is 191 Å². The van der Waals surface area contributed by atoms with Crippen molar-refractivity contribution in [3.05, 3.63) is 102 Å². The molecular formula is C26H24N2O5. The quantitative estimate of drug-likeness (QED) is 0.640. The SMILES string of the molecule is COc1ccc(C2OC(c3ccccc3)NC(=O)C2N2C(=O)OC[C@@H]2c2ccccc2)cc1. The number of rotatable bonds is 5. The largest absolute Gasteiger partial charge is 0.497 e. The minimum absolute atomic E-state index is 0.171. The summed E-state index contributed by atoms with van der Waals surface area (Å²) in [6, 6.07) is 25.1. The summed E-state index contributed by atoms with van der Waals surface area (Å²) in [7, 11) is 1.60. The second kappa shape index (κ2) is 8.96. The molecule has 0 saturated carbocycles. The van der Waals surface area contributed by atoms with Gasteiger partial charge in [-0.2, -0.15) is 0 Å². The Kier molecular flexibility index (Phi) is 5.71. The van der Waals surface area contributed by atoms with E-state index in [0.29, 0.717) is 5.75 Å². The maximum Gasteiger partial charge on any atom is 0.411 e. The average Bonchev–Trinajstić information content (AvgIpc) is 3.25. The second-order valence-corrected chi connectivity index (χ2v) is 7.98. The molecule has 3 unspecified atom stereocenters. The molecule has 2 heterocycles. The third kappa shape index (κ3) is 4.03. The molecule has 0 bridgehead atoms. The summed E-state index contributed by atoms with van der Waals surface area (Å²) < 4.78 is 17.1. The summed E-state index contributed by atoms with van der Waals surface area (Å²) in [5.74, 6) is 0.397. The molecule has 33 heavy (non-hydrogen) atoms. The van der Waals surface area contributed by atoms with Crippen LogP contribution in [0.4, 0.5) is 4.79 Å². The number of hydrogen-bond acceptors (Lipinski definition) is 5. The standard InChI is InChI=1S/C26H24N2O5/c1-31-20-14-12-18(13-15-20)23-22(24(29)27-25(33-23)19-10-6-3-7-11-19)28-21(16-32-26(28)30)17-8-4-2-5-9-17/h2-15,21-23,25H,16H2,1H3,(H,27,29)/t21-,22?,23?,25?/m1/s1. The Hall–Kier alpha value is -3.84. The molecule has 0 aliphatic carbocycles. The third-order valence-electron chi connectivity index (χ3n) is 6.05. The Morgan fingerprint density at radius 3 is 2.12 bits per heavy atom. The van der Waals surface area contributed by atoms with Gasteiger partial charge in [0.15, 0.2) is 6.23 Å². The van der Waals surface area contributed by atoms with E-state index < -0.39 is 30.5 Å². The van der Waals surface area contributed by atoms with Gasteiger partial charge in [0.25, 0.3) is 0 Å². The van der Waals surface area contributed by atoms with Gasteiger partial charge in [0.2, 0.25) is 5.91 Å². The predicted octanol–water partition coefficient (Wildman–Crippen LogP) is 4.14. The van der Waals surface area contributed by atoms with Crippen molar-refractivity contribution in [1.29, 1.82) is 0 Å². The van der Waals surface area contributed by atoms with Gasteiger partial charge in [-0.1, -0.05) is 72.8 Å². The summed E-state index contributed by atoms with van der Waals surface area (Å²) in [6.07, 6.45) is -1.88. The number of hydrogen-bond donors (Lipinski definition) is 1. The molecule has 3 aromatic carbocycles. The van der Waals surface area contributed by atoms with Crippen molar-refractivity contribution in [2.45, 2.75) is 24.4 Å². The Morgan fingerprint density at radius 1 is 0.848 bits per heavy atom. The van der Waals surface area contributed by atoms with E-state index in [1.807, 2.05) is 84.9 Å². The Morgan fingerprint density at radius 2 is 1.48 bits per heavy atom. The lowest BCUT2D eigenvalue weighted by atomic mass is 9.95. The van der Waals surface area contributed by atoms with Crippen LogP contribution in [0.5, 0.6) is 5.75 Å². The van der Waals surface area contributed by atoms with Crippen LogP contribution in [0.2, 0.25) is 0 Å². The van der Waals surface area contributed by atoms with Gasteiger partial charge in [-0.3, -0.25) is 9.69 Å². The first-order valence-corrected chi connectivity index (χ1v) is 10.8. The molecule has 2 fully saturated rings. The van der Waals surface area contributed by atoms with E-state index in [9.17, 15) is 9.59 Å². The first-order chi connectivity index (χ1) is 16.2. The van der Waals surface area contributed by atoms with Crippen LogP contribution in [0.3, 0.4) is 0 Å². The highest BCUT2D eigenvalue weighted by molar-refractivity contribution is 5.88. The van der Waals surface area contributed by atoms with E-state index in [1.54, 1.807) is 7.11 Å². The molecule has 2 aliphatic heterocycles. The van der Waals surface area contributed by atoms with Crippen LogP contribution in [0, 0.1) is 0 Å². The molecule has 3 aromatic rings. The number of nitrogens with zero attached hydrogens (tertiary/aromatic N) is 1. The highest BCUT2D eigenvalue weighted by Crippen LogP contribution is 2.40. The van der Waals surface area contributed by atoms with Crippen molar-refractivity contribution in [3.8, 4) is 5.75 Å². The molecule has 4 atom stereocenters. The van der Waals surface area contributed by atoms with Crippen molar-refractivity contribution in [1.82, 2.24) is 10.2 Å². The van der Waals surface area contributed by atoms with Gasteiger partial charge >= 0.3 is 6.09 Å². The Bertz CT molecular complexity index is 1120. The van der Waals surface area contributed by atoms with Crippen LogP contribution in [-0.4, -0.2) is 36.7 Å². The molecule has 7 heteroatoms. The maximum atomic E-state index is 13.5. The van der Waals surface area contributed by atoms with Gasteiger partial charge in [0, 0.05) is 5.56 Å². The fraction of sp³-hybridized carbons (Fsp3) is 0.231. The topological polar surface area (TPSA) is 77.1 Å². The highest BCUT2D eigenvalue weighted by atomic mass is 16.6. The number of methoxy groups -OCH3 is 1. The van der Waals surface area contributed by atoms with Crippen molar-refractivity contribution in [3.63, 3.8) is 0 Å². The van der Waals surface area contributed by atoms with Crippen LogP contribution >= 0.6 is 0 Å². The Balaban J connectivity index is 1.54. The molecule has 2 aliphatic rings. The minimum Gasteiger partial charge on any atom is -0.497 e. The predicted molar refractivity (Wildman–Crippen MR) is 120 cm³/mol. The average molecular weight is 444 g/mol. The van der Waals surface area contributed by atoms with Crippen molar-refractivity contribution in [2.24, 2.45) is 0 Å². The van der Waals surface area contributed by atoms with E-state index >= 15 is 0 Å². The van der Waals surface area contributed by atoms with E-state index in [2.05, 4.69) is 5.32 Å². The van der Waals surface area contributed by atoms with E-state index in [1.165, 1.54) is 4.90 Å². The highest BCUT2D eigenvalue weighted by Gasteiger charge is 2.50. The summed E-state index contributed by atoms with van der Waals surface area (Å²) in [4.78, 5) is 27.9. The van der Waals surface area contributed by atoms with Gasteiger partial charge in [-0.15, -0.1) is 0 Å². The number of ether oxygens (including phenoxy) is 3. The number of amides is 2. The zero-order valence-corrected chi connectivity index (χ0v) is 18.1. The fourth-order valence-electron chi connectivity index (χ4n) is 4.40. The molecule has 2 saturated heterocycles. The molecule has 5 rings (SSSR count). The lowest BCUT2D eigenvalue weighted by molar-refractivity contribution is -0.157. The monoisotopic (exact) mass is 444 g/mol. The maximum absolute atomic E-state index is 13.5. The normalized spacial score (nSPS) is 24.8. The van der Waals surface area contributed by atoms with Gasteiger partial charge in [-0.05, 0) is 23.3 Å². The van der Waals surface area contributed by atoms with Crippen LogP contribution in [0.15, 0.2) is 84.9 Å². The lowest BCUT2D eigenvalue weighted by Crippen LogP contribution is -2.57. The smallest absolute Gasteiger partial charge is 0.411 e. The van der Waals surface area contributed by atoms with Crippen LogP contribution in [0.1, 0.15) is 35.1 Å². The van der Waals surface area contributed by atoms with Gasteiger partial charge in [0.1, 0.15) is 24.5 Å². The summed E-state index contributed by atoms with van der Waals surface area (Å²) in [6.45, 7) is 0.171.